The van der Waals surface area contributed by atoms with Gasteiger partial charge in [-0.3, -0.25) is 9.59 Å². The molecule has 1 N–H and O–H groups in total. The van der Waals surface area contributed by atoms with Crippen LogP contribution in [0.4, 0.5) is 5.69 Å². The van der Waals surface area contributed by atoms with E-state index < -0.39 is 0 Å². The molecule has 0 aromatic heterocycles. The molecule has 1 aliphatic heterocycles. The summed E-state index contributed by atoms with van der Waals surface area (Å²) in [5.41, 5.74) is 3.03. The highest BCUT2D eigenvalue weighted by Gasteiger charge is 2.31. The Kier molecular flexibility index (Phi) is 4.42. The fourth-order valence-corrected chi connectivity index (χ4v) is 2.84. The van der Waals surface area contributed by atoms with Gasteiger partial charge in [-0.15, -0.1) is 0 Å². The van der Waals surface area contributed by atoms with Crippen LogP contribution >= 0.6 is 0 Å². The van der Waals surface area contributed by atoms with Gasteiger partial charge in [0.05, 0.1) is 12.5 Å². The molecule has 2 amide bonds. The fourth-order valence-electron chi connectivity index (χ4n) is 2.84. The van der Waals surface area contributed by atoms with E-state index in [1.165, 1.54) is 0 Å². The van der Waals surface area contributed by atoms with Crippen LogP contribution < -0.4 is 10.2 Å². The lowest BCUT2D eigenvalue weighted by atomic mass is 10.1. The van der Waals surface area contributed by atoms with Crippen molar-refractivity contribution in [1.29, 1.82) is 0 Å². The summed E-state index contributed by atoms with van der Waals surface area (Å²) in [6.45, 7) is 2.55. The van der Waals surface area contributed by atoms with E-state index in [-0.39, 0.29) is 17.9 Å². The number of nitrogens with one attached hydrogen (secondary N) is 1. The maximum Gasteiger partial charge on any atom is 0.229 e. The number of anilines is 1. The lowest BCUT2D eigenvalue weighted by molar-refractivity contribution is -0.121. The Balaban J connectivity index is 1.59. The van der Waals surface area contributed by atoms with Crippen LogP contribution in [0.2, 0.25) is 0 Å². The molecule has 1 aliphatic rings. The standard InChI is InChI=1S/C19H20N2O2/c1-14-7-9-17(10-8-14)21-13-16(12-19(21)23)20-18(22)11-15-5-3-2-4-6-15/h2-10,16H,11-13H2,1H3,(H,20,22)/t16-/m0/s1. The van der Waals surface area contributed by atoms with Gasteiger partial charge in [-0.1, -0.05) is 48.0 Å². The van der Waals surface area contributed by atoms with Crippen molar-refractivity contribution in [3.63, 3.8) is 0 Å². The molecule has 23 heavy (non-hydrogen) atoms. The van der Waals surface area contributed by atoms with Crippen LogP contribution in [0.3, 0.4) is 0 Å². The smallest absolute Gasteiger partial charge is 0.229 e. The van der Waals surface area contributed by atoms with Crippen molar-refractivity contribution in [3.8, 4) is 0 Å². The van der Waals surface area contributed by atoms with Gasteiger partial charge in [-0.05, 0) is 24.6 Å². The number of aryl methyl sites for hydroxylation is 1. The highest BCUT2D eigenvalue weighted by Crippen LogP contribution is 2.22. The Bertz CT molecular complexity index is 695. The van der Waals surface area contributed by atoms with E-state index in [9.17, 15) is 9.59 Å². The van der Waals surface area contributed by atoms with Crippen molar-refractivity contribution in [2.75, 3.05) is 11.4 Å². The number of benzene rings is 2. The van der Waals surface area contributed by atoms with E-state index in [4.69, 9.17) is 0 Å². The van der Waals surface area contributed by atoms with Gasteiger partial charge in [-0.25, -0.2) is 0 Å². The summed E-state index contributed by atoms with van der Waals surface area (Å²) in [6, 6.07) is 17.4. The third-order valence-corrected chi connectivity index (χ3v) is 4.04. The maximum absolute atomic E-state index is 12.2. The lowest BCUT2D eigenvalue weighted by Gasteiger charge is -2.17. The Morgan fingerprint density at radius 3 is 2.52 bits per heavy atom. The molecule has 4 nitrogen and oxygen atoms in total. The second kappa shape index (κ2) is 6.65. The lowest BCUT2D eigenvalue weighted by Crippen LogP contribution is -2.38. The zero-order valence-corrected chi connectivity index (χ0v) is 13.2. The van der Waals surface area contributed by atoms with E-state index >= 15 is 0 Å². The van der Waals surface area contributed by atoms with Crippen LogP contribution in [0.5, 0.6) is 0 Å². The van der Waals surface area contributed by atoms with Gasteiger partial charge < -0.3 is 10.2 Å². The van der Waals surface area contributed by atoms with E-state index in [0.29, 0.717) is 19.4 Å². The first-order valence-corrected chi connectivity index (χ1v) is 7.82. The molecule has 0 radical (unpaired) electrons. The second-order valence-corrected chi connectivity index (χ2v) is 5.97. The third-order valence-electron chi connectivity index (χ3n) is 4.04. The van der Waals surface area contributed by atoms with Crippen molar-refractivity contribution in [2.24, 2.45) is 0 Å². The SMILES string of the molecule is Cc1ccc(N2C[C@@H](NC(=O)Cc3ccccc3)CC2=O)cc1. The summed E-state index contributed by atoms with van der Waals surface area (Å²) in [4.78, 5) is 26.0. The van der Waals surface area contributed by atoms with Gasteiger partial charge in [0, 0.05) is 18.7 Å². The topological polar surface area (TPSA) is 49.4 Å². The average molecular weight is 308 g/mol. The van der Waals surface area contributed by atoms with E-state index in [1.54, 1.807) is 4.90 Å². The molecule has 0 aliphatic carbocycles. The van der Waals surface area contributed by atoms with Crippen LogP contribution in [-0.4, -0.2) is 24.4 Å². The maximum atomic E-state index is 12.2. The van der Waals surface area contributed by atoms with E-state index in [0.717, 1.165) is 16.8 Å². The van der Waals surface area contributed by atoms with Crippen molar-refractivity contribution in [1.82, 2.24) is 5.32 Å². The van der Waals surface area contributed by atoms with Crippen molar-refractivity contribution in [3.05, 3.63) is 65.7 Å². The Hall–Kier alpha value is -2.62. The normalized spacial score (nSPS) is 17.3. The predicted octanol–water partition coefficient (Wildman–Crippen LogP) is 2.46. The van der Waals surface area contributed by atoms with Crippen LogP contribution in [0.25, 0.3) is 0 Å². The average Bonchev–Trinajstić information content (AvgIpc) is 2.89. The highest BCUT2D eigenvalue weighted by atomic mass is 16.2. The molecule has 4 heteroatoms. The third kappa shape index (κ3) is 3.77. The summed E-state index contributed by atoms with van der Waals surface area (Å²) in [5, 5.41) is 2.97. The van der Waals surface area contributed by atoms with Crippen LogP contribution in [-0.2, 0) is 16.0 Å². The minimum Gasteiger partial charge on any atom is -0.351 e. The summed E-state index contributed by atoms with van der Waals surface area (Å²) >= 11 is 0. The second-order valence-electron chi connectivity index (χ2n) is 5.97. The van der Waals surface area contributed by atoms with Crippen molar-refractivity contribution in [2.45, 2.75) is 25.8 Å². The molecule has 0 saturated carbocycles. The van der Waals surface area contributed by atoms with Gasteiger partial charge in [0.1, 0.15) is 0 Å². The minimum absolute atomic E-state index is 0.0419. The van der Waals surface area contributed by atoms with Gasteiger partial charge in [-0.2, -0.15) is 0 Å². The molecule has 1 fully saturated rings. The fraction of sp³-hybridized carbons (Fsp3) is 0.263. The molecular weight excluding hydrogens is 288 g/mol. The van der Waals surface area contributed by atoms with Gasteiger partial charge in [0.25, 0.3) is 0 Å². The largest absolute Gasteiger partial charge is 0.351 e. The minimum atomic E-state index is -0.125. The first-order valence-electron chi connectivity index (χ1n) is 7.82. The molecule has 1 saturated heterocycles. The number of nitrogens with zero attached hydrogens (tertiary/aromatic N) is 1. The zero-order chi connectivity index (χ0) is 16.2. The molecule has 2 aromatic carbocycles. The summed E-state index contributed by atoms with van der Waals surface area (Å²) < 4.78 is 0. The first-order chi connectivity index (χ1) is 11.1. The predicted molar refractivity (Wildman–Crippen MR) is 90.2 cm³/mol. The summed E-state index contributed by atoms with van der Waals surface area (Å²) in [7, 11) is 0. The monoisotopic (exact) mass is 308 g/mol. The van der Waals surface area contributed by atoms with Crippen LogP contribution in [0, 0.1) is 6.92 Å². The molecule has 1 heterocycles. The number of carbonyl (C=O) groups is 2. The Labute approximate surface area is 136 Å². The molecular formula is C19H20N2O2. The van der Waals surface area contributed by atoms with Gasteiger partial charge in [0.2, 0.25) is 11.8 Å². The number of rotatable bonds is 4. The van der Waals surface area contributed by atoms with Crippen molar-refractivity contribution >= 4 is 17.5 Å². The molecule has 2 aromatic rings. The van der Waals surface area contributed by atoms with E-state index in [2.05, 4.69) is 5.32 Å². The number of hydrogen-bond acceptors (Lipinski definition) is 2. The number of carbonyl (C=O) groups excluding carboxylic acids is 2. The molecule has 3 rings (SSSR count). The molecule has 0 bridgehead atoms. The van der Waals surface area contributed by atoms with Crippen LogP contribution in [0.15, 0.2) is 54.6 Å². The zero-order valence-electron chi connectivity index (χ0n) is 13.2. The molecule has 1 atom stereocenters. The number of amides is 2. The Morgan fingerprint density at radius 2 is 1.83 bits per heavy atom. The Morgan fingerprint density at radius 1 is 1.13 bits per heavy atom. The first kappa shape index (κ1) is 15.3. The molecule has 0 spiro atoms. The van der Waals surface area contributed by atoms with E-state index in [1.807, 2.05) is 61.5 Å². The summed E-state index contributed by atoms with van der Waals surface area (Å²) in [5.74, 6) is 0.0126. The quantitative estimate of drug-likeness (QED) is 0.943. The molecule has 118 valence electrons. The van der Waals surface area contributed by atoms with Gasteiger partial charge in [0.15, 0.2) is 0 Å². The van der Waals surface area contributed by atoms with Crippen LogP contribution in [0.1, 0.15) is 17.5 Å². The van der Waals surface area contributed by atoms with Crippen molar-refractivity contribution < 1.29 is 9.59 Å². The number of hydrogen-bond donors (Lipinski definition) is 1. The summed E-state index contributed by atoms with van der Waals surface area (Å²) in [6.07, 6.45) is 0.699. The highest BCUT2D eigenvalue weighted by molar-refractivity contribution is 5.96. The molecule has 0 unspecified atom stereocenters. The van der Waals surface area contributed by atoms with Gasteiger partial charge >= 0.3 is 0 Å².